The van der Waals surface area contributed by atoms with Crippen LogP contribution in [0.15, 0.2) is 53.0 Å². The number of thiophene rings is 1. The van der Waals surface area contributed by atoms with Crippen LogP contribution in [0.5, 0.6) is 0 Å². The zero-order valence-electron chi connectivity index (χ0n) is 19.4. The molecule has 1 atom stereocenters. The van der Waals surface area contributed by atoms with Gasteiger partial charge in [-0.05, 0) is 41.5 Å². The third kappa shape index (κ3) is 3.87. The molecular weight excluding hydrogens is 440 g/mol. The number of nitriles is 1. The molecule has 0 spiro atoms. The lowest BCUT2D eigenvalue weighted by atomic mass is 9.69. The third-order valence-electron chi connectivity index (χ3n) is 6.19. The van der Waals surface area contributed by atoms with E-state index in [4.69, 9.17) is 5.73 Å². The Morgan fingerprint density at radius 1 is 1.15 bits per heavy atom. The zero-order chi connectivity index (χ0) is 24.3. The monoisotopic (exact) mass is 467 g/mol. The number of allylic oxidation sites excluding steroid dienone is 3. The van der Waals surface area contributed by atoms with Gasteiger partial charge in [-0.1, -0.05) is 40.7 Å². The summed E-state index contributed by atoms with van der Waals surface area (Å²) in [6.07, 6.45) is 0.682. The number of nitrogens with zero attached hydrogens (tertiary/aromatic N) is 2. The Bertz CT molecular complexity index is 1240. The van der Waals surface area contributed by atoms with Crippen LogP contribution in [0.3, 0.4) is 0 Å². The van der Waals surface area contributed by atoms with Crippen LogP contribution in [-0.4, -0.2) is 5.78 Å². The predicted molar refractivity (Wildman–Crippen MR) is 126 cm³/mol. The van der Waals surface area contributed by atoms with Gasteiger partial charge in [0.2, 0.25) is 0 Å². The Hall–Kier alpha value is -2.98. The zero-order valence-corrected chi connectivity index (χ0v) is 20.2. The molecule has 172 valence electrons. The Morgan fingerprint density at radius 2 is 1.79 bits per heavy atom. The van der Waals surface area contributed by atoms with Crippen molar-refractivity contribution in [1.29, 1.82) is 5.26 Å². The van der Waals surface area contributed by atoms with Crippen LogP contribution in [0.25, 0.3) is 0 Å². The van der Waals surface area contributed by atoms with Crippen LogP contribution in [0.2, 0.25) is 0 Å². The number of rotatable bonds is 2. The number of para-hydroxylation sites is 1. The molecule has 0 saturated heterocycles. The van der Waals surface area contributed by atoms with Gasteiger partial charge >= 0.3 is 0 Å². The van der Waals surface area contributed by atoms with Gasteiger partial charge in [0.15, 0.2) is 5.78 Å². The molecule has 0 fully saturated rings. The largest absolute Gasteiger partial charge is 0.384 e. The average molecular weight is 468 g/mol. The molecule has 0 amide bonds. The molecule has 0 bridgehead atoms. The van der Waals surface area contributed by atoms with Crippen LogP contribution in [0.4, 0.5) is 14.5 Å². The number of nitrogens with two attached hydrogens (primary N) is 1. The van der Waals surface area contributed by atoms with E-state index in [9.17, 15) is 18.8 Å². The molecule has 0 saturated carbocycles. The summed E-state index contributed by atoms with van der Waals surface area (Å²) in [6, 6.07) is 9.66. The average Bonchev–Trinajstić information content (AvgIpc) is 3.18. The number of halogens is 2. The number of benzene rings is 1. The molecule has 2 aromatic rings. The summed E-state index contributed by atoms with van der Waals surface area (Å²) in [5.41, 5.74) is 6.60. The van der Waals surface area contributed by atoms with E-state index in [-0.39, 0.29) is 34.7 Å². The summed E-state index contributed by atoms with van der Waals surface area (Å²) < 4.78 is 29.8. The first-order valence-corrected chi connectivity index (χ1v) is 11.7. The van der Waals surface area contributed by atoms with E-state index < -0.39 is 23.0 Å². The van der Waals surface area contributed by atoms with Gasteiger partial charge < -0.3 is 5.73 Å². The summed E-state index contributed by atoms with van der Waals surface area (Å²) in [5.74, 6) is -2.42. The lowest BCUT2D eigenvalue weighted by Gasteiger charge is -2.43. The van der Waals surface area contributed by atoms with Gasteiger partial charge in [-0.3, -0.25) is 9.69 Å². The highest BCUT2D eigenvalue weighted by molar-refractivity contribution is 7.12. The van der Waals surface area contributed by atoms with E-state index in [0.717, 1.165) is 21.9 Å². The van der Waals surface area contributed by atoms with Crippen molar-refractivity contribution in [2.45, 2.75) is 58.8 Å². The Labute approximate surface area is 197 Å². The predicted octanol–water partition coefficient (Wildman–Crippen LogP) is 6.26. The molecule has 1 aromatic heterocycles. The smallest absolute Gasteiger partial charge is 0.162 e. The third-order valence-corrected chi connectivity index (χ3v) is 7.77. The van der Waals surface area contributed by atoms with E-state index in [0.29, 0.717) is 17.7 Å². The van der Waals surface area contributed by atoms with Crippen LogP contribution in [-0.2, 0) is 10.2 Å². The van der Waals surface area contributed by atoms with Crippen molar-refractivity contribution in [2.75, 3.05) is 4.90 Å². The van der Waals surface area contributed by atoms with Gasteiger partial charge in [0.05, 0.1) is 17.6 Å². The summed E-state index contributed by atoms with van der Waals surface area (Å²) >= 11 is 1.53. The minimum absolute atomic E-state index is 0.0403. The maximum absolute atomic E-state index is 14.9. The summed E-state index contributed by atoms with van der Waals surface area (Å²) in [6.45, 7) is 10.2. The highest BCUT2D eigenvalue weighted by Crippen LogP contribution is 2.52. The molecule has 2 aliphatic rings. The van der Waals surface area contributed by atoms with Crippen molar-refractivity contribution >= 4 is 22.8 Å². The second-order valence-corrected chi connectivity index (χ2v) is 11.6. The molecule has 1 aromatic carbocycles. The van der Waals surface area contributed by atoms with E-state index in [1.54, 1.807) is 0 Å². The number of hydrogen-bond acceptors (Lipinski definition) is 5. The van der Waals surface area contributed by atoms with Crippen molar-refractivity contribution in [3.05, 3.63) is 74.4 Å². The fourth-order valence-corrected chi connectivity index (χ4v) is 5.85. The Balaban J connectivity index is 2.02. The SMILES string of the molecule is CC1(C)CC(=O)C2=C(C1)N(c1c(F)cccc1F)C(N)=C(C#N)[C@H]2c1ccc(C(C)(C)C)s1. The number of carbonyl (C=O) groups excluding carboxylic acids is 1. The Morgan fingerprint density at radius 3 is 2.33 bits per heavy atom. The summed E-state index contributed by atoms with van der Waals surface area (Å²) in [5, 5.41) is 10.1. The standard InChI is InChI=1S/C26H27F2N3OS/c1-25(2,3)20-10-9-19(33-20)21-14(13-29)24(30)31(23-15(27)7-6-8-16(23)28)17-11-26(4,5)12-18(32)22(17)21/h6-10,21H,11-12,30H2,1-5H3/t21-/m0/s1. The van der Waals surface area contributed by atoms with Crippen LogP contribution in [0.1, 0.15) is 63.1 Å². The van der Waals surface area contributed by atoms with Gasteiger partial charge in [-0.15, -0.1) is 11.3 Å². The van der Waals surface area contributed by atoms with Crippen LogP contribution in [0, 0.1) is 28.4 Å². The normalized spacial score (nSPS) is 20.7. The highest BCUT2D eigenvalue weighted by Gasteiger charge is 2.46. The maximum Gasteiger partial charge on any atom is 0.162 e. The first-order valence-electron chi connectivity index (χ1n) is 10.9. The molecule has 2 heterocycles. The lowest BCUT2D eigenvalue weighted by Crippen LogP contribution is -2.42. The van der Waals surface area contributed by atoms with Gasteiger partial charge in [0, 0.05) is 27.4 Å². The molecule has 33 heavy (non-hydrogen) atoms. The van der Waals surface area contributed by atoms with Gasteiger partial charge in [-0.2, -0.15) is 5.26 Å². The fraction of sp³-hybridized carbons (Fsp3) is 0.385. The molecule has 0 unspecified atom stereocenters. The maximum atomic E-state index is 14.9. The van der Waals surface area contributed by atoms with Crippen molar-refractivity contribution in [3.8, 4) is 6.07 Å². The lowest BCUT2D eigenvalue weighted by molar-refractivity contribution is -0.118. The molecule has 1 aliphatic carbocycles. The molecule has 1 aliphatic heterocycles. The topological polar surface area (TPSA) is 70.1 Å². The molecule has 7 heteroatoms. The molecule has 4 nitrogen and oxygen atoms in total. The van der Waals surface area contributed by atoms with Crippen molar-refractivity contribution < 1.29 is 13.6 Å². The highest BCUT2D eigenvalue weighted by atomic mass is 32.1. The van der Waals surface area contributed by atoms with Gasteiger partial charge in [-0.25, -0.2) is 8.78 Å². The second-order valence-electron chi connectivity index (χ2n) is 10.5. The summed E-state index contributed by atoms with van der Waals surface area (Å²) in [7, 11) is 0. The fourth-order valence-electron chi connectivity index (χ4n) is 4.66. The number of carbonyl (C=O) groups is 1. The number of Topliss-reactive ketones (excluding diaryl/α,β-unsaturated/α-hetero) is 1. The number of ketones is 1. The summed E-state index contributed by atoms with van der Waals surface area (Å²) in [4.78, 5) is 16.7. The number of hydrogen-bond donors (Lipinski definition) is 1. The van der Waals surface area contributed by atoms with Crippen molar-refractivity contribution in [3.63, 3.8) is 0 Å². The van der Waals surface area contributed by atoms with Gasteiger partial charge in [0.25, 0.3) is 0 Å². The first kappa shape index (κ1) is 23.2. The van der Waals surface area contributed by atoms with Crippen molar-refractivity contribution in [1.82, 2.24) is 0 Å². The second kappa shape index (κ2) is 7.81. The van der Waals surface area contributed by atoms with E-state index in [2.05, 4.69) is 26.8 Å². The minimum atomic E-state index is -0.803. The van der Waals surface area contributed by atoms with Crippen LogP contribution < -0.4 is 10.6 Å². The quantitative estimate of drug-likeness (QED) is 0.566. The molecule has 2 N–H and O–H groups in total. The minimum Gasteiger partial charge on any atom is -0.384 e. The number of anilines is 1. The Kier molecular flexibility index (Phi) is 5.49. The van der Waals surface area contributed by atoms with E-state index in [1.807, 2.05) is 26.0 Å². The van der Waals surface area contributed by atoms with E-state index in [1.165, 1.54) is 22.3 Å². The van der Waals surface area contributed by atoms with Gasteiger partial charge in [0.1, 0.15) is 23.1 Å². The molecular formula is C26H27F2N3OS. The van der Waals surface area contributed by atoms with Crippen molar-refractivity contribution in [2.24, 2.45) is 11.1 Å². The molecule has 4 rings (SSSR count). The molecule has 0 radical (unpaired) electrons. The van der Waals surface area contributed by atoms with E-state index >= 15 is 0 Å². The van der Waals surface area contributed by atoms with Crippen LogP contribution >= 0.6 is 11.3 Å². The first-order chi connectivity index (χ1) is 15.4.